The lowest BCUT2D eigenvalue weighted by Gasteiger charge is -2.05. The van der Waals surface area contributed by atoms with Gasteiger partial charge in [0.2, 0.25) is 0 Å². The number of fused-ring (bicyclic) bond motifs is 1. The first-order valence-electron chi connectivity index (χ1n) is 7.98. The average molecular weight is 369 g/mol. The summed E-state index contributed by atoms with van der Waals surface area (Å²) in [5.41, 5.74) is 4.11. The van der Waals surface area contributed by atoms with Crippen molar-refractivity contribution in [2.45, 2.75) is 25.3 Å². The summed E-state index contributed by atoms with van der Waals surface area (Å²) in [4.78, 5) is 18.9. The van der Waals surface area contributed by atoms with Crippen LogP contribution in [0.25, 0.3) is 10.2 Å². The van der Waals surface area contributed by atoms with E-state index in [1.54, 1.807) is 23.1 Å². The molecule has 3 rings (SSSR count). The molecule has 1 heterocycles. The van der Waals surface area contributed by atoms with E-state index in [2.05, 4.69) is 42.1 Å². The lowest BCUT2D eigenvalue weighted by molar-refractivity contribution is 0.0998. The zero-order valence-corrected chi connectivity index (χ0v) is 16.2. The van der Waals surface area contributed by atoms with Crippen molar-refractivity contribution < 1.29 is 4.79 Å². The van der Waals surface area contributed by atoms with Gasteiger partial charge in [-0.15, -0.1) is 18.3 Å². The molecule has 0 aliphatic carbocycles. The Morgan fingerprint density at radius 3 is 2.52 bits per heavy atom. The third-order valence-electron chi connectivity index (χ3n) is 4.07. The molecule has 1 aromatic heterocycles. The molecule has 25 heavy (non-hydrogen) atoms. The van der Waals surface area contributed by atoms with Crippen LogP contribution in [0.1, 0.15) is 21.5 Å². The van der Waals surface area contributed by atoms with E-state index in [1.807, 2.05) is 36.6 Å². The Kier molecular flexibility index (Phi) is 5.25. The molecule has 0 saturated heterocycles. The highest BCUT2D eigenvalue weighted by Crippen LogP contribution is 2.25. The van der Waals surface area contributed by atoms with Crippen LogP contribution in [0.2, 0.25) is 0 Å². The molecule has 1 amide bonds. The van der Waals surface area contributed by atoms with E-state index < -0.39 is 0 Å². The largest absolute Gasteiger partial charge is 0.312 e. The predicted octanol–water partition coefficient (Wildman–Crippen LogP) is 4.97. The monoisotopic (exact) mass is 368 g/mol. The van der Waals surface area contributed by atoms with Gasteiger partial charge in [0.15, 0.2) is 4.80 Å². The van der Waals surface area contributed by atoms with Gasteiger partial charge in [-0.1, -0.05) is 29.5 Å². The smallest absolute Gasteiger partial charge is 0.279 e. The third-order valence-corrected chi connectivity index (χ3v) is 6.03. The Labute approximate surface area is 155 Å². The fourth-order valence-electron chi connectivity index (χ4n) is 2.74. The fourth-order valence-corrected chi connectivity index (χ4v) is 4.34. The molecule has 0 N–H and O–H groups in total. The van der Waals surface area contributed by atoms with Crippen molar-refractivity contribution in [3.05, 3.63) is 70.5 Å². The van der Waals surface area contributed by atoms with Gasteiger partial charge in [0.1, 0.15) is 0 Å². The molecule has 0 aliphatic rings. The van der Waals surface area contributed by atoms with Crippen molar-refractivity contribution in [3.63, 3.8) is 0 Å². The molecule has 3 nitrogen and oxygen atoms in total. The molecule has 0 fully saturated rings. The Balaban J connectivity index is 2.16. The van der Waals surface area contributed by atoms with Crippen LogP contribution in [-0.2, 0) is 6.54 Å². The summed E-state index contributed by atoms with van der Waals surface area (Å²) in [6, 6.07) is 11.8. The number of hydrogen-bond acceptors (Lipinski definition) is 3. The highest BCUT2D eigenvalue weighted by molar-refractivity contribution is 7.98. The average Bonchev–Trinajstić information content (AvgIpc) is 2.98. The first kappa shape index (κ1) is 17.7. The molecule has 0 bridgehead atoms. The highest BCUT2D eigenvalue weighted by atomic mass is 32.2. The number of thioether (sulfide) groups is 1. The van der Waals surface area contributed by atoms with E-state index in [1.165, 1.54) is 15.8 Å². The van der Waals surface area contributed by atoms with Crippen LogP contribution < -0.4 is 4.80 Å². The van der Waals surface area contributed by atoms with Gasteiger partial charge in [-0.2, -0.15) is 4.99 Å². The van der Waals surface area contributed by atoms with Crippen LogP contribution in [0, 0.1) is 13.8 Å². The van der Waals surface area contributed by atoms with Gasteiger partial charge in [-0.25, -0.2) is 0 Å². The second-order valence-electron chi connectivity index (χ2n) is 5.81. The van der Waals surface area contributed by atoms with Crippen LogP contribution in [0.4, 0.5) is 0 Å². The number of aromatic nitrogens is 1. The predicted molar refractivity (Wildman–Crippen MR) is 108 cm³/mol. The van der Waals surface area contributed by atoms with Crippen LogP contribution in [-0.4, -0.2) is 16.7 Å². The maximum absolute atomic E-state index is 12.6. The van der Waals surface area contributed by atoms with Crippen LogP contribution in [0.15, 0.2) is 58.9 Å². The lowest BCUT2D eigenvalue weighted by Crippen LogP contribution is -2.16. The molecular formula is C20H20N2OS2. The summed E-state index contributed by atoms with van der Waals surface area (Å²) in [5.74, 6) is -0.215. The Hall–Kier alpha value is -2.11. The summed E-state index contributed by atoms with van der Waals surface area (Å²) in [7, 11) is 0. The maximum Gasteiger partial charge on any atom is 0.279 e. The van der Waals surface area contributed by atoms with Crippen LogP contribution in [0.3, 0.4) is 0 Å². The summed E-state index contributed by atoms with van der Waals surface area (Å²) in [5, 5.41) is 0. The molecule has 0 atom stereocenters. The Morgan fingerprint density at radius 1 is 1.20 bits per heavy atom. The standard InChI is InChI=1S/C20H20N2OS2/c1-5-12-22-17-13(2)6-7-14(3)18(17)25-20(22)21-19(23)15-8-10-16(24-4)11-9-15/h5-11H,1,12H2,2-4H3. The number of benzene rings is 2. The van der Waals surface area contributed by atoms with E-state index in [0.717, 1.165) is 10.4 Å². The van der Waals surface area contributed by atoms with Crippen molar-refractivity contribution in [2.75, 3.05) is 6.26 Å². The number of amides is 1. The minimum absolute atomic E-state index is 0.215. The number of thiazole rings is 1. The first-order valence-corrected chi connectivity index (χ1v) is 10.0. The van der Waals surface area contributed by atoms with E-state index >= 15 is 0 Å². The first-order chi connectivity index (χ1) is 12.0. The zero-order chi connectivity index (χ0) is 18.0. The molecular weight excluding hydrogens is 348 g/mol. The van der Waals surface area contributed by atoms with Crippen molar-refractivity contribution >= 4 is 39.2 Å². The van der Waals surface area contributed by atoms with Crippen molar-refractivity contribution in [2.24, 2.45) is 4.99 Å². The number of aryl methyl sites for hydroxylation is 2. The minimum atomic E-state index is -0.215. The molecule has 0 saturated carbocycles. The number of hydrogen-bond donors (Lipinski definition) is 0. The summed E-state index contributed by atoms with van der Waals surface area (Å²) in [6.07, 6.45) is 3.85. The molecule has 0 aliphatic heterocycles. The van der Waals surface area contributed by atoms with E-state index in [9.17, 15) is 4.79 Å². The third kappa shape index (κ3) is 3.48. The number of carbonyl (C=O) groups excluding carboxylic acids is 1. The van der Waals surface area contributed by atoms with E-state index in [-0.39, 0.29) is 5.91 Å². The second-order valence-corrected chi connectivity index (χ2v) is 7.66. The normalized spacial score (nSPS) is 11.9. The van der Waals surface area contributed by atoms with Crippen LogP contribution in [0.5, 0.6) is 0 Å². The van der Waals surface area contributed by atoms with Gasteiger partial charge in [-0.3, -0.25) is 4.79 Å². The zero-order valence-electron chi connectivity index (χ0n) is 14.6. The van der Waals surface area contributed by atoms with E-state index in [4.69, 9.17) is 0 Å². The van der Waals surface area contributed by atoms with Crippen molar-refractivity contribution in [1.29, 1.82) is 0 Å². The van der Waals surface area contributed by atoms with Crippen molar-refractivity contribution in [3.8, 4) is 0 Å². The van der Waals surface area contributed by atoms with Gasteiger partial charge >= 0.3 is 0 Å². The summed E-state index contributed by atoms with van der Waals surface area (Å²) >= 11 is 3.21. The molecule has 0 radical (unpaired) electrons. The number of carbonyl (C=O) groups is 1. The van der Waals surface area contributed by atoms with Crippen molar-refractivity contribution in [1.82, 2.24) is 4.57 Å². The second kappa shape index (κ2) is 7.42. The Morgan fingerprint density at radius 2 is 1.88 bits per heavy atom. The maximum atomic E-state index is 12.6. The number of allylic oxidation sites excluding steroid dienone is 1. The molecule has 3 aromatic rings. The fraction of sp³-hybridized carbons (Fsp3) is 0.200. The molecule has 0 unspecified atom stereocenters. The lowest BCUT2D eigenvalue weighted by atomic mass is 10.1. The summed E-state index contributed by atoms with van der Waals surface area (Å²) in [6.45, 7) is 8.64. The molecule has 128 valence electrons. The minimum Gasteiger partial charge on any atom is -0.312 e. The molecule has 2 aromatic carbocycles. The Bertz CT molecular complexity index is 1010. The van der Waals surface area contributed by atoms with Gasteiger partial charge in [0.25, 0.3) is 5.91 Å². The van der Waals surface area contributed by atoms with Gasteiger partial charge in [0.05, 0.1) is 10.2 Å². The number of rotatable bonds is 4. The molecule has 5 heteroatoms. The van der Waals surface area contributed by atoms with E-state index in [0.29, 0.717) is 16.9 Å². The van der Waals surface area contributed by atoms with Crippen LogP contribution >= 0.6 is 23.1 Å². The van der Waals surface area contributed by atoms with Gasteiger partial charge in [0, 0.05) is 17.0 Å². The number of nitrogens with zero attached hydrogens (tertiary/aromatic N) is 2. The SMILES string of the molecule is C=CCn1c(=NC(=O)c2ccc(SC)cc2)sc2c(C)ccc(C)c21. The van der Waals surface area contributed by atoms with Gasteiger partial charge in [-0.05, 0) is 55.5 Å². The summed E-state index contributed by atoms with van der Waals surface area (Å²) < 4.78 is 3.25. The molecule has 0 spiro atoms. The highest BCUT2D eigenvalue weighted by Gasteiger charge is 2.12. The topological polar surface area (TPSA) is 34.4 Å². The van der Waals surface area contributed by atoms with Gasteiger partial charge < -0.3 is 4.57 Å². The quantitative estimate of drug-likeness (QED) is 0.481.